The van der Waals surface area contributed by atoms with Crippen LogP contribution in [0.2, 0.25) is 0 Å². The lowest BCUT2D eigenvalue weighted by molar-refractivity contribution is 0.104. The molecule has 0 spiro atoms. The molecule has 0 fully saturated rings. The molecule has 0 saturated heterocycles. The Labute approximate surface area is 164 Å². The van der Waals surface area contributed by atoms with Crippen molar-refractivity contribution in [3.05, 3.63) is 89.6 Å². The molecule has 0 unspecified atom stereocenters. The summed E-state index contributed by atoms with van der Waals surface area (Å²) in [6.07, 6.45) is 4.27. The lowest BCUT2D eigenvalue weighted by atomic mass is 10.1. The van der Waals surface area contributed by atoms with Crippen molar-refractivity contribution in [1.82, 2.24) is 4.98 Å². The molecule has 0 aliphatic rings. The summed E-state index contributed by atoms with van der Waals surface area (Å²) >= 11 is 0. The van der Waals surface area contributed by atoms with Crippen molar-refractivity contribution in [3.8, 4) is 0 Å². The summed E-state index contributed by atoms with van der Waals surface area (Å²) in [5.74, 6) is 0.298. The topological polar surface area (TPSA) is 76.1 Å². The third-order valence-electron chi connectivity index (χ3n) is 4.07. The number of aryl methyl sites for hydroxylation is 1. The number of hydrogen-bond donors (Lipinski definition) is 1. The van der Waals surface area contributed by atoms with E-state index in [1.807, 2.05) is 37.3 Å². The molecule has 0 aliphatic heterocycles. The predicted octanol–water partition coefficient (Wildman–Crippen LogP) is 4.43. The molecule has 1 N–H and O–H groups in total. The largest absolute Gasteiger partial charge is 0.340 e. The zero-order valence-electron chi connectivity index (χ0n) is 15.6. The number of aromatic nitrogens is 1. The van der Waals surface area contributed by atoms with Crippen LogP contribution in [-0.2, 0) is 9.84 Å². The van der Waals surface area contributed by atoms with E-state index in [-0.39, 0.29) is 10.7 Å². The maximum Gasteiger partial charge on any atom is 0.189 e. The van der Waals surface area contributed by atoms with Crippen LogP contribution in [0.1, 0.15) is 21.6 Å². The van der Waals surface area contributed by atoms with E-state index in [1.54, 1.807) is 30.3 Å². The van der Waals surface area contributed by atoms with Crippen LogP contribution >= 0.6 is 0 Å². The lowest BCUT2D eigenvalue weighted by Gasteiger charge is -2.10. The highest BCUT2D eigenvalue weighted by Gasteiger charge is 2.11. The maximum atomic E-state index is 12.7. The van der Waals surface area contributed by atoms with Gasteiger partial charge in [0.1, 0.15) is 5.82 Å². The third kappa shape index (κ3) is 4.92. The molecule has 0 amide bonds. The van der Waals surface area contributed by atoms with Crippen LogP contribution in [0.5, 0.6) is 0 Å². The zero-order chi connectivity index (χ0) is 20.1. The van der Waals surface area contributed by atoms with Crippen LogP contribution in [0, 0.1) is 6.92 Å². The van der Waals surface area contributed by atoms with Gasteiger partial charge in [0, 0.05) is 17.6 Å². The third-order valence-corrected chi connectivity index (χ3v) is 5.20. The monoisotopic (exact) mass is 392 g/mol. The molecule has 142 valence electrons. The van der Waals surface area contributed by atoms with E-state index in [2.05, 4.69) is 10.3 Å². The normalized spacial score (nSPS) is 11.5. The average molecular weight is 392 g/mol. The van der Waals surface area contributed by atoms with Gasteiger partial charge in [0.05, 0.1) is 10.5 Å². The first-order valence-electron chi connectivity index (χ1n) is 8.65. The smallest absolute Gasteiger partial charge is 0.189 e. The van der Waals surface area contributed by atoms with Crippen molar-refractivity contribution in [3.63, 3.8) is 0 Å². The average Bonchev–Trinajstić information content (AvgIpc) is 2.67. The number of sulfone groups is 1. The Kier molecular flexibility index (Phi) is 5.70. The van der Waals surface area contributed by atoms with Crippen molar-refractivity contribution in [2.75, 3.05) is 11.6 Å². The van der Waals surface area contributed by atoms with E-state index in [0.29, 0.717) is 11.4 Å². The highest BCUT2D eigenvalue weighted by atomic mass is 32.2. The molecule has 0 radical (unpaired) electrons. The molecule has 6 heteroatoms. The van der Waals surface area contributed by atoms with Gasteiger partial charge in [-0.25, -0.2) is 13.4 Å². The van der Waals surface area contributed by atoms with Gasteiger partial charge >= 0.3 is 0 Å². The minimum absolute atomic E-state index is 0.196. The van der Waals surface area contributed by atoms with Crippen LogP contribution in [0.15, 0.2) is 77.7 Å². The predicted molar refractivity (Wildman–Crippen MR) is 112 cm³/mol. The number of ketones is 1. The Morgan fingerprint density at radius 3 is 2.29 bits per heavy atom. The molecule has 3 rings (SSSR count). The standard InChI is InChI=1S/C22H20N2O3S/c1-16-8-14-20(22(23-16)24-18-6-4-3-5-7-18)21(25)15-11-17-9-12-19(13-10-17)28(2,26)27/h3-15H,1-2H3,(H,23,24)/b15-11+. The number of benzene rings is 2. The highest BCUT2D eigenvalue weighted by Crippen LogP contribution is 2.21. The molecule has 2 aromatic carbocycles. The summed E-state index contributed by atoms with van der Waals surface area (Å²) in [6, 6.07) is 19.4. The molecular weight excluding hydrogens is 372 g/mol. The number of carbonyl (C=O) groups excluding carboxylic acids is 1. The molecular formula is C22H20N2O3S. The summed E-state index contributed by atoms with van der Waals surface area (Å²) in [4.78, 5) is 17.4. The number of nitrogens with one attached hydrogen (secondary N) is 1. The van der Waals surface area contributed by atoms with Crippen molar-refractivity contribution in [2.45, 2.75) is 11.8 Å². The van der Waals surface area contributed by atoms with E-state index >= 15 is 0 Å². The molecule has 5 nitrogen and oxygen atoms in total. The number of hydrogen-bond acceptors (Lipinski definition) is 5. The van der Waals surface area contributed by atoms with Crippen molar-refractivity contribution in [1.29, 1.82) is 0 Å². The Morgan fingerprint density at radius 2 is 1.64 bits per heavy atom. The molecule has 0 saturated carbocycles. The first kappa shape index (κ1) is 19.5. The second-order valence-corrected chi connectivity index (χ2v) is 8.39. The van der Waals surface area contributed by atoms with Gasteiger partial charge in [0.25, 0.3) is 0 Å². The van der Waals surface area contributed by atoms with E-state index in [1.165, 1.54) is 18.2 Å². The molecule has 1 heterocycles. The Balaban J connectivity index is 1.83. The van der Waals surface area contributed by atoms with Gasteiger partial charge in [-0.3, -0.25) is 4.79 Å². The number of pyridine rings is 1. The van der Waals surface area contributed by atoms with Crippen LogP contribution in [0.25, 0.3) is 6.08 Å². The summed E-state index contributed by atoms with van der Waals surface area (Å²) in [5.41, 5.74) is 2.84. The number of rotatable bonds is 6. The van der Waals surface area contributed by atoms with Crippen molar-refractivity contribution < 1.29 is 13.2 Å². The quantitative estimate of drug-likeness (QED) is 0.496. The van der Waals surface area contributed by atoms with Gasteiger partial charge in [0.15, 0.2) is 15.6 Å². The first-order valence-corrected chi connectivity index (χ1v) is 10.5. The van der Waals surface area contributed by atoms with Crippen LogP contribution in [0.3, 0.4) is 0 Å². The summed E-state index contributed by atoms with van der Waals surface area (Å²) in [5, 5.41) is 3.18. The van der Waals surface area contributed by atoms with Gasteiger partial charge in [-0.1, -0.05) is 36.4 Å². The summed E-state index contributed by atoms with van der Waals surface area (Å²) in [7, 11) is -3.24. The number of nitrogens with zero attached hydrogens (tertiary/aromatic N) is 1. The minimum Gasteiger partial charge on any atom is -0.340 e. The summed E-state index contributed by atoms with van der Waals surface area (Å²) in [6.45, 7) is 1.86. The first-order chi connectivity index (χ1) is 13.3. The van der Waals surface area contributed by atoms with Gasteiger partial charge < -0.3 is 5.32 Å². The molecule has 1 aromatic heterocycles. The number of carbonyl (C=O) groups is 1. The fraction of sp³-hybridized carbons (Fsp3) is 0.0909. The molecule has 3 aromatic rings. The van der Waals surface area contributed by atoms with E-state index in [9.17, 15) is 13.2 Å². The Morgan fingerprint density at radius 1 is 0.964 bits per heavy atom. The van der Waals surface area contributed by atoms with Gasteiger partial charge in [-0.2, -0.15) is 0 Å². The van der Waals surface area contributed by atoms with Crippen LogP contribution < -0.4 is 5.32 Å². The van der Waals surface area contributed by atoms with E-state index in [4.69, 9.17) is 0 Å². The number of para-hydroxylation sites is 1. The lowest BCUT2D eigenvalue weighted by Crippen LogP contribution is -2.04. The maximum absolute atomic E-state index is 12.7. The molecule has 28 heavy (non-hydrogen) atoms. The molecule has 0 atom stereocenters. The summed E-state index contributed by atoms with van der Waals surface area (Å²) < 4.78 is 23.0. The van der Waals surface area contributed by atoms with Crippen LogP contribution in [0.4, 0.5) is 11.5 Å². The minimum atomic E-state index is -3.24. The molecule has 0 bridgehead atoms. The Hall–Kier alpha value is -3.25. The van der Waals surface area contributed by atoms with Crippen molar-refractivity contribution in [2.24, 2.45) is 0 Å². The van der Waals surface area contributed by atoms with Crippen LogP contribution in [-0.4, -0.2) is 25.4 Å². The fourth-order valence-electron chi connectivity index (χ4n) is 2.60. The number of anilines is 2. The number of allylic oxidation sites excluding steroid dienone is 1. The van der Waals surface area contributed by atoms with E-state index in [0.717, 1.165) is 23.2 Å². The highest BCUT2D eigenvalue weighted by molar-refractivity contribution is 7.90. The van der Waals surface area contributed by atoms with E-state index < -0.39 is 9.84 Å². The SMILES string of the molecule is Cc1ccc(C(=O)/C=C/c2ccc(S(C)(=O)=O)cc2)c(Nc2ccccc2)n1. The fourth-order valence-corrected chi connectivity index (χ4v) is 3.23. The second kappa shape index (κ2) is 8.19. The van der Waals surface area contributed by atoms with Crippen molar-refractivity contribution >= 4 is 33.2 Å². The second-order valence-electron chi connectivity index (χ2n) is 6.38. The Bertz CT molecular complexity index is 1120. The van der Waals surface area contributed by atoms with Gasteiger partial charge in [0.2, 0.25) is 0 Å². The molecule has 0 aliphatic carbocycles. The van der Waals surface area contributed by atoms with Gasteiger partial charge in [-0.05, 0) is 55.0 Å². The zero-order valence-corrected chi connectivity index (χ0v) is 16.4. The van der Waals surface area contributed by atoms with Gasteiger partial charge in [-0.15, -0.1) is 0 Å².